The van der Waals surface area contributed by atoms with E-state index in [-0.39, 0.29) is 56.2 Å². The van der Waals surface area contributed by atoms with Crippen LogP contribution in [0.3, 0.4) is 0 Å². The molecule has 2 aromatic heterocycles. The molecule has 2 N–H and O–H groups in total. The number of nitrogens with one attached hydrogen (secondary N) is 1. The Balaban J connectivity index is 1.23. The summed E-state index contributed by atoms with van der Waals surface area (Å²) < 4.78 is 21.0. The van der Waals surface area contributed by atoms with Gasteiger partial charge in [0, 0.05) is 24.5 Å². The van der Waals surface area contributed by atoms with Crippen molar-refractivity contribution in [2.75, 3.05) is 13.2 Å². The van der Waals surface area contributed by atoms with Gasteiger partial charge in [-0.2, -0.15) is 4.68 Å². The SMILES string of the molecule is O=C(O)CCC(=O)NC1COC2C1OCC2n1nnnc1Oc1ccc(-n2ccnc2)cc1. The molecule has 1 aromatic carbocycles. The van der Waals surface area contributed by atoms with Crippen LogP contribution in [0.15, 0.2) is 43.0 Å². The average Bonchev–Trinajstić information content (AvgIpc) is 3.59. The van der Waals surface area contributed by atoms with E-state index in [0.29, 0.717) is 5.75 Å². The fourth-order valence-electron chi connectivity index (χ4n) is 3.98. The van der Waals surface area contributed by atoms with E-state index in [1.807, 2.05) is 22.9 Å². The van der Waals surface area contributed by atoms with Gasteiger partial charge in [0.2, 0.25) is 5.91 Å². The normalized spacial score (nSPS) is 23.9. The van der Waals surface area contributed by atoms with Gasteiger partial charge in [-0.25, -0.2) is 4.98 Å². The third-order valence-electron chi connectivity index (χ3n) is 5.56. The third kappa shape index (κ3) is 4.40. The fourth-order valence-corrected chi connectivity index (χ4v) is 3.98. The maximum absolute atomic E-state index is 12.0. The number of nitrogens with zero attached hydrogens (tertiary/aromatic N) is 6. The van der Waals surface area contributed by atoms with Crippen LogP contribution in [0.4, 0.5) is 0 Å². The number of hydrogen-bond acceptors (Lipinski definition) is 9. The Labute approximate surface area is 187 Å². The molecule has 4 atom stereocenters. The highest BCUT2D eigenvalue weighted by molar-refractivity contribution is 5.80. The zero-order chi connectivity index (χ0) is 22.8. The minimum atomic E-state index is -1.02. The van der Waals surface area contributed by atoms with Gasteiger partial charge in [0.25, 0.3) is 0 Å². The van der Waals surface area contributed by atoms with E-state index in [9.17, 15) is 9.59 Å². The molecule has 0 spiro atoms. The Bertz CT molecular complexity index is 1120. The van der Waals surface area contributed by atoms with Crippen LogP contribution in [-0.2, 0) is 19.1 Å². The Hall–Kier alpha value is -3.84. The number of tetrazole rings is 1. The number of ether oxygens (including phenoxy) is 3. The number of benzene rings is 1. The molecule has 0 aliphatic carbocycles. The Kier molecular flexibility index (Phi) is 5.71. The summed E-state index contributed by atoms with van der Waals surface area (Å²) in [7, 11) is 0. The minimum absolute atomic E-state index is 0.0999. The Morgan fingerprint density at radius 2 is 1.97 bits per heavy atom. The van der Waals surface area contributed by atoms with Crippen LogP contribution in [0.2, 0.25) is 0 Å². The molecular formula is C20H21N7O6. The van der Waals surface area contributed by atoms with E-state index in [2.05, 4.69) is 25.8 Å². The van der Waals surface area contributed by atoms with Crippen molar-refractivity contribution < 1.29 is 28.9 Å². The summed E-state index contributed by atoms with van der Waals surface area (Å²) in [4.78, 5) is 26.7. The predicted octanol–water partition coefficient (Wildman–Crippen LogP) is 0.339. The number of carboxylic acid groups (broad SMARTS) is 1. The standard InChI is InChI=1S/C20H21N7O6/c28-16(5-6-17(29)30)22-14-9-31-19-15(10-32-18(14)19)27-20(23-24-25-27)33-13-3-1-12(2-4-13)26-8-7-21-11-26/h1-4,7-8,11,14-15,18-19H,5-6,9-10H2,(H,22,28)(H,29,30). The van der Waals surface area contributed by atoms with Gasteiger partial charge in [-0.15, -0.1) is 0 Å². The van der Waals surface area contributed by atoms with Gasteiger partial charge in [0.1, 0.15) is 24.0 Å². The predicted molar refractivity (Wildman–Crippen MR) is 109 cm³/mol. The van der Waals surface area contributed by atoms with Crippen molar-refractivity contribution in [3.8, 4) is 17.4 Å². The molecule has 33 heavy (non-hydrogen) atoms. The summed E-state index contributed by atoms with van der Waals surface area (Å²) in [6.07, 6.45) is 4.14. The maximum atomic E-state index is 12.0. The van der Waals surface area contributed by atoms with E-state index in [4.69, 9.17) is 19.3 Å². The number of carbonyl (C=O) groups excluding carboxylic acids is 1. The van der Waals surface area contributed by atoms with Crippen LogP contribution in [0.5, 0.6) is 11.8 Å². The molecule has 13 nitrogen and oxygen atoms in total. The summed E-state index contributed by atoms with van der Waals surface area (Å²) in [5.74, 6) is -0.823. The fraction of sp³-hybridized carbons (Fsp3) is 0.400. The largest absolute Gasteiger partial charge is 0.481 e. The van der Waals surface area contributed by atoms with Crippen LogP contribution in [-0.4, -0.2) is 78.2 Å². The highest BCUT2D eigenvalue weighted by Crippen LogP contribution is 2.36. The number of imidazole rings is 1. The van der Waals surface area contributed by atoms with Crippen LogP contribution in [0, 0.1) is 0 Å². The molecule has 0 bridgehead atoms. The third-order valence-corrected chi connectivity index (χ3v) is 5.56. The van der Waals surface area contributed by atoms with Crippen LogP contribution in [0.1, 0.15) is 18.9 Å². The zero-order valence-corrected chi connectivity index (χ0v) is 17.4. The van der Waals surface area contributed by atoms with Crippen LogP contribution >= 0.6 is 0 Å². The van der Waals surface area contributed by atoms with Crippen LogP contribution < -0.4 is 10.1 Å². The molecule has 13 heteroatoms. The number of carboxylic acids is 1. The number of rotatable bonds is 8. The minimum Gasteiger partial charge on any atom is -0.481 e. The van der Waals surface area contributed by atoms with Crippen molar-refractivity contribution in [1.29, 1.82) is 0 Å². The van der Waals surface area contributed by atoms with Gasteiger partial charge in [-0.1, -0.05) is 5.10 Å². The molecule has 0 radical (unpaired) electrons. The number of amides is 1. The summed E-state index contributed by atoms with van der Waals surface area (Å²) in [6.45, 7) is 0.524. The molecule has 5 rings (SSSR count). The molecular weight excluding hydrogens is 434 g/mol. The highest BCUT2D eigenvalue weighted by atomic mass is 16.6. The molecule has 4 unspecified atom stereocenters. The summed E-state index contributed by atoms with van der Waals surface area (Å²) in [5, 5.41) is 23.3. The molecule has 4 heterocycles. The maximum Gasteiger partial charge on any atom is 0.341 e. The molecule has 172 valence electrons. The molecule has 2 fully saturated rings. The van der Waals surface area contributed by atoms with Crippen molar-refractivity contribution in [2.24, 2.45) is 0 Å². The second kappa shape index (κ2) is 8.96. The van der Waals surface area contributed by atoms with Gasteiger partial charge in [0.15, 0.2) is 0 Å². The highest BCUT2D eigenvalue weighted by Gasteiger charge is 2.50. The van der Waals surface area contributed by atoms with Crippen LogP contribution in [0.25, 0.3) is 5.69 Å². The first-order valence-electron chi connectivity index (χ1n) is 10.4. The van der Waals surface area contributed by atoms with Crippen molar-refractivity contribution in [2.45, 2.75) is 37.1 Å². The van der Waals surface area contributed by atoms with E-state index in [1.54, 1.807) is 24.7 Å². The van der Waals surface area contributed by atoms with Crippen molar-refractivity contribution in [3.63, 3.8) is 0 Å². The number of aromatic nitrogens is 6. The van der Waals surface area contributed by atoms with E-state index in [1.165, 1.54) is 4.68 Å². The van der Waals surface area contributed by atoms with E-state index >= 15 is 0 Å². The Morgan fingerprint density at radius 1 is 1.15 bits per heavy atom. The lowest BCUT2D eigenvalue weighted by molar-refractivity contribution is -0.139. The molecule has 0 saturated carbocycles. The topological polar surface area (TPSA) is 156 Å². The lowest BCUT2D eigenvalue weighted by Crippen LogP contribution is -2.44. The van der Waals surface area contributed by atoms with Gasteiger partial charge in [0.05, 0.1) is 32.0 Å². The van der Waals surface area contributed by atoms with Crippen molar-refractivity contribution in [1.82, 2.24) is 35.1 Å². The average molecular weight is 455 g/mol. The number of aliphatic carboxylic acids is 1. The van der Waals surface area contributed by atoms with Crippen molar-refractivity contribution in [3.05, 3.63) is 43.0 Å². The summed E-state index contributed by atoms with van der Waals surface area (Å²) >= 11 is 0. The monoisotopic (exact) mass is 455 g/mol. The van der Waals surface area contributed by atoms with Gasteiger partial charge in [-0.3, -0.25) is 9.59 Å². The molecule has 1 amide bonds. The Morgan fingerprint density at radius 3 is 2.73 bits per heavy atom. The molecule has 3 aromatic rings. The second-order valence-corrected chi connectivity index (χ2v) is 7.70. The lowest BCUT2D eigenvalue weighted by Gasteiger charge is -2.18. The number of hydrogen-bond donors (Lipinski definition) is 2. The van der Waals surface area contributed by atoms with E-state index in [0.717, 1.165) is 5.69 Å². The van der Waals surface area contributed by atoms with Gasteiger partial charge < -0.3 is 29.2 Å². The first-order valence-corrected chi connectivity index (χ1v) is 10.4. The van der Waals surface area contributed by atoms with Crippen molar-refractivity contribution >= 4 is 11.9 Å². The second-order valence-electron chi connectivity index (χ2n) is 7.70. The number of carbonyl (C=O) groups is 2. The van der Waals surface area contributed by atoms with E-state index < -0.39 is 12.1 Å². The van der Waals surface area contributed by atoms with Gasteiger partial charge in [-0.05, 0) is 34.7 Å². The summed E-state index contributed by atoms with van der Waals surface area (Å²) in [6, 6.07) is 6.85. The molecule has 2 saturated heterocycles. The number of fused-ring (bicyclic) bond motifs is 1. The molecule has 2 aliphatic rings. The first-order chi connectivity index (χ1) is 16.1. The zero-order valence-electron chi connectivity index (χ0n) is 17.4. The first kappa shape index (κ1) is 21.0. The molecule has 2 aliphatic heterocycles. The lowest BCUT2D eigenvalue weighted by atomic mass is 10.1. The van der Waals surface area contributed by atoms with Gasteiger partial charge >= 0.3 is 12.0 Å². The quantitative estimate of drug-likeness (QED) is 0.486. The summed E-state index contributed by atoms with van der Waals surface area (Å²) in [5.41, 5.74) is 0.933. The smallest absolute Gasteiger partial charge is 0.341 e.